The van der Waals surface area contributed by atoms with Crippen LogP contribution in [0.5, 0.6) is 0 Å². The lowest BCUT2D eigenvalue weighted by molar-refractivity contribution is -0.174. The van der Waals surface area contributed by atoms with E-state index in [2.05, 4.69) is 0 Å². The van der Waals surface area contributed by atoms with E-state index in [9.17, 15) is 14.7 Å². The molecular weight excluding hydrogens is 304 g/mol. The van der Waals surface area contributed by atoms with Gasteiger partial charge in [0.25, 0.3) is 0 Å². The first-order valence-electron chi connectivity index (χ1n) is 7.27. The quantitative estimate of drug-likeness (QED) is 0.773. The number of hydrogen-bond acceptors (Lipinski definition) is 7. The Bertz CT molecular complexity index is 530. The minimum Gasteiger partial charge on any atom is -0.455 e. The SMILES string of the molecule is CC(=O)O[C@@H]1[C@@H](OC(C)=O)[C@@H](COCc2ccccc2)O[C@@H]1O. The van der Waals surface area contributed by atoms with Crippen molar-refractivity contribution < 1.29 is 33.6 Å². The Balaban J connectivity index is 1.95. The lowest BCUT2D eigenvalue weighted by Gasteiger charge is -2.22. The van der Waals surface area contributed by atoms with Gasteiger partial charge in [-0.25, -0.2) is 0 Å². The lowest BCUT2D eigenvalue weighted by Crippen LogP contribution is -2.41. The molecule has 1 aliphatic rings. The summed E-state index contributed by atoms with van der Waals surface area (Å²) in [7, 11) is 0. The van der Waals surface area contributed by atoms with Gasteiger partial charge in [0.2, 0.25) is 0 Å². The Morgan fingerprint density at radius 2 is 1.70 bits per heavy atom. The van der Waals surface area contributed by atoms with Crippen molar-refractivity contribution in [1.82, 2.24) is 0 Å². The van der Waals surface area contributed by atoms with E-state index >= 15 is 0 Å². The number of rotatable bonds is 6. The molecule has 7 heteroatoms. The highest BCUT2D eigenvalue weighted by Gasteiger charge is 2.48. The Morgan fingerprint density at radius 3 is 2.30 bits per heavy atom. The Morgan fingerprint density at radius 1 is 1.09 bits per heavy atom. The van der Waals surface area contributed by atoms with Crippen LogP contribution in [0.1, 0.15) is 19.4 Å². The molecule has 0 radical (unpaired) electrons. The minimum absolute atomic E-state index is 0.0850. The van der Waals surface area contributed by atoms with Gasteiger partial charge in [-0.15, -0.1) is 0 Å². The number of aliphatic hydroxyl groups excluding tert-OH is 1. The summed E-state index contributed by atoms with van der Waals surface area (Å²) in [5.74, 6) is -1.15. The first-order valence-corrected chi connectivity index (χ1v) is 7.27. The molecule has 1 aliphatic heterocycles. The van der Waals surface area contributed by atoms with Crippen LogP contribution in [0.3, 0.4) is 0 Å². The number of benzene rings is 1. The smallest absolute Gasteiger partial charge is 0.303 e. The molecule has 7 nitrogen and oxygen atoms in total. The van der Waals surface area contributed by atoms with Gasteiger partial charge in [0.1, 0.15) is 6.10 Å². The van der Waals surface area contributed by atoms with Gasteiger partial charge in [-0.3, -0.25) is 9.59 Å². The van der Waals surface area contributed by atoms with Crippen LogP contribution < -0.4 is 0 Å². The van der Waals surface area contributed by atoms with Crippen LogP contribution in [0.25, 0.3) is 0 Å². The lowest BCUT2D eigenvalue weighted by atomic mass is 10.1. The maximum absolute atomic E-state index is 11.2. The molecule has 1 heterocycles. The average Bonchev–Trinajstić information content (AvgIpc) is 2.76. The molecule has 0 spiro atoms. The largest absolute Gasteiger partial charge is 0.455 e. The number of esters is 2. The van der Waals surface area contributed by atoms with E-state index in [0.717, 1.165) is 5.56 Å². The van der Waals surface area contributed by atoms with Gasteiger partial charge in [-0.1, -0.05) is 30.3 Å². The third-order valence-electron chi connectivity index (χ3n) is 3.28. The molecule has 4 atom stereocenters. The molecule has 1 aromatic rings. The number of aliphatic hydroxyl groups is 1. The van der Waals surface area contributed by atoms with Crippen molar-refractivity contribution in [3.05, 3.63) is 35.9 Å². The van der Waals surface area contributed by atoms with E-state index in [1.54, 1.807) is 0 Å². The van der Waals surface area contributed by atoms with Crippen LogP contribution in [-0.2, 0) is 35.1 Å². The fourth-order valence-electron chi connectivity index (χ4n) is 2.36. The summed E-state index contributed by atoms with van der Waals surface area (Å²) in [6.45, 7) is 2.87. The van der Waals surface area contributed by atoms with Gasteiger partial charge in [0.15, 0.2) is 18.5 Å². The van der Waals surface area contributed by atoms with Crippen molar-refractivity contribution in [1.29, 1.82) is 0 Å². The fourth-order valence-corrected chi connectivity index (χ4v) is 2.36. The summed E-state index contributed by atoms with van der Waals surface area (Å²) in [5.41, 5.74) is 0.978. The molecule has 0 amide bonds. The first-order chi connectivity index (χ1) is 11.0. The molecule has 1 fully saturated rings. The molecule has 23 heavy (non-hydrogen) atoms. The van der Waals surface area contributed by atoms with Gasteiger partial charge in [0.05, 0.1) is 13.2 Å². The second-order valence-corrected chi connectivity index (χ2v) is 5.21. The Labute approximate surface area is 134 Å². The van der Waals surface area contributed by atoms with E-state index in [1.165, 1.54) is 13.8 Å². The third-order valence-corrected chi connectivity index (χ3v) is 3.28. The van der Waals surface area contributed by atoms with Crippen molar-refractivity contribution in [2.24, 2.45) is 0 Å². The average molecular weight is 324 g/mol. The first kappa shape index (κ1) is 17.4. The van der Waals surface area contributed by atoms with E-state index in [1.807, 2.05) is 30.3 Å². The predicted molar refractivity (Wildman–Crippen MR) is 78.1 cm³/mol. The molecule has 0 unspecified atom stereocenters. The summed E-state index contributed by atoms with van der Waals surface area (Å²) >= 11 is 0. The van der Waals surface area contributed by atoms with Crippen molar-refractivity contribution in [3.63, 3.8) is 0 Å². The zero-order valence-corrected chi connectivity index (χ0v) is 13.0. The predicted octanol–water partition coefficient (Wildman–Crippen LogP) is 0.784. The normalized spacial score (nSPS) is 26.7. The van der Waals surface area contributed by atoms with Crippen molar-refractivity contribution in [3.8, 4) is 0 Å². The molecule has 0 bridgehead atoms. The zero-order valence-electron chi connectivity index (χ0n) is 13.0. The van der Waals surface area contributed by atoms with E-state index in [0.29, 0.717) is 6.61 Å². The highest BCUT2D eigenvalue weighted by atomic mass is 16.7. The van der Waals surface area contributed by atoms with Crippen LogP contribution in [-0.4, -0.2) is 48.3 Å². The summed E-state index contributed by atoms with van der Waals surface area (Å²) in [6.07, 6.45) is -4.07. The van der Waals surface area contributed by atoms with Crippen molar-refractivity contribution >= 4 is 11.9 Å². The molecule has 1 saturated heterocycles. The maximum atomic E-state index is 11.2. The summed E-state index contributed by atoms with van der Waals surface area (Å²) in [6, 6.07) is 9.52. The van der Waals surface area contributed by atoms with Gasteiger partial charge >= 0.3 is 11.9 Å². The zero-order chi connectivity index (χ0) is 16.8. The second kappa shape index (κ2) is 8.05. The summed E-state index contributed by atoms with van der Waals surface area (Å²) in [4.78, 5) is 22.4. The number of ether oxygens (including phenoxy) is 4. The summed E-state index contributed by atoms with van der Waals surface area (Å²) < 4.78 is 21.0. The number of carbonyl (C=O) groups is 2. The van der Waals surface area contributed by atoms with Gasteiger partial charge in [-0.2, -0.15) is 0 Å². The van der Waals surface area contributed by atoms with Gasteiger partial charge < -0.3 is 24.1 Å². The Hall–Kier alpha value is -1.96. The van der Waals surface area contributed by atoms with Gasteiger partial charge in [0, 0.05) is 13.8 Å². The highest BCUT2D eigenvalue weighted by molar-refractivity contribution is 5.67. The number of hydrogen-bond donors (Lipinski definition) is 1. The summed E-state index contributed by atoms with van der Waals surface area (Å²) in [5, 5.41) is 9.86. The Kier molecular flexibility index (Phi) is 6.09. The monoisotopic (exact) mass is 324 g/mol. The third kappa shape index (κ3) is 5.02. The highest BCUT2D eigenvalue weighted by Crippen LogP contribution is 2.26. The molecule has 1 aromatic carbocycles. The topological polar surface area (TPSA) is 91.3 Å². The van der Waals surface area contributed by atoms with Crippen LogP contribution in [0, 0.1) is 0 Å². The van der Waals surface area contributed by atoms with E-state index < -0.39 is 36.5 Å². The van der Waals surface area contributed by atoms with Crippen LogP contribution in [0.15, 0.2) is 30.3 Å². The van der Waals surface area contributed by atoms with Crippen LogP contribution in [0.4, 0.5) is 0 Å². The van der Waals surface area contributed by atoms with E-state index in [-0.39, 0.29) is 6.61 Å². The molecule has 2 rings (SSSR count). The molecule has 1 N–H and O–H groups in total. The standard InChI is InChI=1S/C16H20O7/c1-10(17)21-14-13(23-16(19)15(14)22-11(2)18)9-20-8-12-6-4-3-5-7-12/h3-7,13-16,19H,8-9H2,1-2H3/t13-,14+,15-,16+/m1/s1. The van der Waals surface area contributed by atoms with Crippen molar-refractivity contribution in [2.75, 3.05) is 6.61 Å². The van der Waals surface area contributed by atoms with Crippen LogP contribution >= 0.6 is 0 Å². The number of carbonyl (C=O) groups excluding carboxylic acids is 2. The second-order valence-electron chi connectivity index (χ2n) is 5.21. The minimum atomic E-state index is -1.37. The molecule has 126 valence electrons. The van der Waals surface area contributed by atoms with Crippen LogP contribution in [0.2, 0.25) is 0 Å². The van der Waals surface area contributed by atoms with Crippen molar-refractivity contribution in [2.45, 2.75) is 45.1 Å². The molecule has 0 aliphatic carbocycles. The van der Waals surface area contributed by atoms with Gasteiger partial charge in [-0.05, 0) is 5.56 Å². The molecular formula is C16H20O7. The maximum Gasteiger partial charge on any atom is 0.303 e. The molecule has 0 saturated carbocycles. The van der Waals surface area contributed by atoms with E-state index in [4.69, 9.17) is 18.9 Å². The molecule has 0 aromatic heterocycles. The fraction of sp³-hybridized carbons (Fsp3) is 0.500.